The molecule has 1 aromatic rings. The quantitative estimate of drug-likeness (QED) is 0.612. The van der Waals surface area contributed by atoms with E-state index in [9.17, 15) is 17.6 Å². The third kappa shape index (κ3) is 5.32. The minimum absolute atomic E-state index is 0.0333. The van der Waals surface area contributed by atoms with E-state index in [0.29, 0.717) is 12.8 Å². The van der Waals surface area contributed by atoms with Crippen LogP contribution in [0.2, 0.25) is 0 Å². The van der Waals surface area contributed by atoms with E-state index in [-0.39, 0.29) is 30.3 Å². The van der Waals surface area contributed by atoms with E-state index in [1.54, 1.807) is 6.92 Å². The van der Waals surface area contributed by atoms with Crippen molar-refractivity contribution < 1.29 is 22.3 Å². The third-order valence-corrected chi connectivity index (χ3v) is 2.75. The number of ether oxygens (including phenoxy) is 1. The monoisotopic (exact) mass is 308 g/mol. The van der Waals surface area contributed by atoms with Crippen molar-refractivity contribution in [2.45, 2.75) is 32.9 Å². The van der Waals surface area contributed by atoms with Crippen LogP contribution in [0.4, 0.5) is 28.9 Å². The smallest absolute Gasteiger partial charge is 0.405 e. The number of hydrogen-bond acceptors (Lipinski definition) is 3. The van der Waals surface area contributed by atoms with E-state index in [4.69, 9.17) is 10.5 Å². The average molecular weight is 308 g/mol. The number of alkyl halides is 3. The van der Waals surface area contributed by atoms with Gasteiger partial charge in [0.25, 0.3) is 0 Å². The molecule has 7 heteroatoms. The molecule has 0 atom stereocenters. The van der Waals surface area contributed by atoms with Crippen LogP contribution in [0.15, 0.2) is 12.1 Å². The Morgan fingerprint density at radius 2 is 1.86 bits per heavy atom. The third-order valence-electron chi connectivity index (χ3n) is 2.75. The van der Waals surface area contributed by atoms with Crippen molar-refractivity contribution >= 4 is 11.4 Å². The summed E-state index contributed by atoms with van der Waals surface area (Å²) in [6, 6.07) is 2.24. The van der Waals surface area contributed by atoms with Crippen molar-refractivity contribution in [3.05, 3.63) is 17.9 Å². The maximum absolute atomic E-state index is 13.7. The summed E-state index contributed by atoms with van der Waals surface area (Å²) < 4.78 is 56.8. The van der Waals surface area contributed by atoms with Gasteiger partial charge in [-0.1, -0.05) is 13.8 Å². The lowest BCUT2D eigenvalue weighted by atomic mass is 10.2. The summed E-state index contributed by atoms with van der Waals surface area (Å²) in [5.74, 6) is -0.752. The number of rotatable bonds is 7. The van der Waals surface area contributed by atoms with Gasteiger partial charge in [-0.15, -0.1) is 0 Å². The maximum atomic E-state index is 13.7. The molecule has 0 aliphatic heterocycles. The summed E-state index contributed by atoms with van der Waals surface area (Å²) in [5, 5.41) is 0. The number of nitrogen functional groups attached to an aromatic ring is 1. The highest BCUT2D eigenvalue weighted by Gasteiger charge is 2.31. The summed E-state index contributed by atoms with van der Waals surface area (Å²) in [4.78, 5) is 1.09. The lowest BCUT2D eigenvalue weighted by molar-refractivity contribution is -0.119. The molecule has 0 aromatic heterocycles. The first kappa shape index (κ1) is 17.4. The highest BCUT2D eigenvalue weighted by atomic mass is 19.4. The van der Waals surface area contributed by atoms with Gasteiger partial charge >= 0.3 is 6.18 Å². The van der Waals surface area contributed by atoms with Crippen molar-refractivity contribution in [3.8, 4) is 5.75 Å². The number of halogens is 4. The minimum atomic E-state index is -4.36. The molecule has 0 spiro atoms. The maximum Gasteiger partial charge on any atom is 0.405 e. The fraction of sp³-hybridized carbons (Fsp3) is 0.571. The van der Waals surface area contributed by atoms with Crippen molar-refractivity contribution in [2.24, 2.45) is 0 Å². The van der Waals surface area contributed by atoms with Crippen molar-refractivity contribution in [1.82, 2.24) is 0 Å². The van der Waals surface area contributed by atoms with Crippen LogP contribution in [-0.4, -0.2) is 25.9 Å². The summed E-state index contributed by atoms with van der Waals surface area (Å²) in [6.07, 6.45) is -3.18. The molecule has 0 aliphatic carbocycles. The predicted molar refractivity (Wildman–Crippen MR) is 75.2 cm³/mol. The van der Waals surface area contributed by atoms with E-state index in [1.165, 1.54) is 6.07 Å². The zero-order chi connectivity index (χ0) is 16.0. The molecule has 0 aliphatic rings. The second kappa shape index (κ2) is 7.38. The lowest BCUT2D eigenvalue weighted by Gasteiger charge is -2.27. The van der Waals surface area contributed by atoms with Crippen LogP contribution in [0.3, 0.4) is 0 Å². The fourth-order valence-corrected chi connectivity index (χ4v) is 1.93. The summed E-state index contributed by atoms with van der Waals surface area (Å²) in [5.41, 5.74) is 5.77. The summed E-state index contributed by atoms with van der Waals surface area (Å²) in [7, 11) is 0. The zero-order valence-corrected chi connectivity index (χ0v) is 12.1. The van der Waals surface area contributed by atoms with Crippen molar-refractivity contribution in [3.63, 3.8) is 0 Å². The van der Waals surface area contributed by atoms with Gasteiger partial charge in [0.2, 0.25) is 0 Å². The topological polar surface area (TPSA) is 38.5 Å². The Balaban J connectivity index is 3.11. The number of anilines is 2. The van der Waals surface area contributed by atoms with Gasteiger partial charge in [-0.3, -0.25) is 0 Å². The molecular weight excluding hydrogens is 288 g/mol. The van der Waals surface area contributed by atoms with Crippen LogP contribution in [0.25, 0.3) is 0 Å². The lowest BCUT2D eigenvalue weighted by Crippen LogP contribution is -2.35. The Morgan fingerprint density at radius 1 is 1.19 bits per heavy atom. The second-order valence-corrected chi connectivity index (χ2v) is 4.73. The molecule has 0 bridgehead atoms. The Kier molecular flexibility index (Phi) is 6.11. The molecule has 1 rings (SSSR count). The van der Waals surface area contributed by atoms with E-state index in [2.05, 4.69) is 0 Å². The average Bonchev–Trinajstić information content (AvgIpc) is 2.36. The van der Waals surface area contributed by atoms with Gasteiger partial charge in [0.15, 0.2) is 11.6 Å². The summed E-state index contributed by atoms with van der Waals surface area (Å²) in [6.45, 7) is 2.93. The van der Waals surface area contributed by atoms with Crippen molar-refractivity contribution in [1.29, 1.82) is 0 Å². The van der Waals surface area contributed by atoms with Crippen LogP contribution < -0.4 is 15.4 Å². The largest absolute Gasteiger partial charge is 0.490 e. The number of benzene rings is 1. The van der Waals surface area contributed by atoms with Gasteiger partial charge in [0.05, 0.1) is 18.0 Å². The highest BCUT2D eigenvalue weighted by Crippen LogP contribution is 2.33. The Hall–Kier alpha value is -1.66. The molecule has 2 N–H and O–H groups in total. The number of nitrogens with two attached hydrogens (primary N) is 1. The molecule has 3 nitrogen and oxygen atoms in total. The first-order chi connectivity index (χ1) is 9.78. The summed E-state index contributed by atoms with van der Waals surface area (Å²) >= 11 is 0. The predicted octanol–water partition coefficient (Wildman–Crippen LogP) is 3.98. The van der Waals surface area contributed by atoms with Gasteiger partial charge < -0.3 is 15.4 Å². The van der Waals surface area contributed by atoms with Crippen LogP contribution in [0.1, 0.15) is 26.7 Å². The highest BCUT2D eigenvalue weighted by molar-refractivity contribution is 5.70. The first-order valence-electron chi connectivity index (χ1n) is 6.82. The Labute approximate surface area is 121 Å². The van der Waals surface area contributed by atoms with Crippen LogP contribution in [0.5, 0.6) is 5.75 Å². The van der Waals surface area contributed by atoms with E-state index < -0.39 is 18.5 Å². The molecule has 0 radical (unpaired) electrons. The molecule has 0 fully saturated rings. The molecule has 0 amide bonds. The molecule has 1 aromatic carbocycles. The minimum Gasteiger partial charge on any atom is -0.490 e. The van der Waals surface area contributed by atoms with Crippen LogP contribution in [0, 0.1) is 5.82 Å². The van der Waals surface area contributed by atoms with Crippen LogP contribution >= 0.6 is 0 Å². The molecule has 0 saturated carbocycles. The van der Waals surface area contributed by atoms with Gasteiger partial charge in [-0.05, 0) is 12.8 Å². The normalized spacial score (nSPS) is 11.5. The van der Waals surface area contributed by atoms with Gasteiger partial charge in [0, 0.05) is 18.7 Å². The van der Waals surface area contributed by atoms with Crippen molar-refractivity contribution in [2.75, 3.05) is 30.3 Å². The molecule has 0 unspecified atom stereocenters. The first-order valence-corrected chi connectivity index (χ1v) is 6.82. The molecule has 0 heterocycles. The fourth-order valence-electron chi connectivity index (χ4n) is 1.93. The van der Waals surface area contributed by atoms with E-state index in [1.807, 2.05) is 6.92 Å². The number of hydrogen-bond donors (Lipinski definition) is 1. The van der Waals surface area contributed by atoms with Gasteiger partial charge in [0.1, 0.15) is 6.54 Å². The standard InChI is InChI=1S/C14H20F4N2O/c1-3-5-20(9-14(16,17)18)12-8-13(21-6-4-2)10(15)7-11(12)19/h7-8H,3-6,9,19H2,1-2H3. The Morgan fingerprint density at radius 3 is 2.38 bits per heavy atom. The van der Waals surface area contributed by atoms with E-state index in [0.717, 1.165) is 11.0 Å². The van der Waals surface area contributed by atoms with E-state index >= 15 is 0 Å². The zero-order valence-electron chi connectivity index (χ0n) is 12.1. The SMILES string of the molecule is CCCOc1cc(N(CCC)CC(F)(F)F)c(N)cc1F. The molecule has 0 saturated heterocycles. The van der Waals surface area contributed by atoms with Gasteiger partial charge in [-0.25, -0.2) is 4.39 Å². The van der Waals surface area contributed by atoms with Gasteiger partial charge in [-0.2, -0.15) is 13.2 Å². The Bertz CT molecular complexity index is 463. The molecular formula is C14H20F4N2O. The second-order valence-electron chi connectivity index (χ2n) is 4.73. The molecule has 21 heavy (non-hydrogen) atoms. The van der Waals surface area contributed by atoms with Crippen LogP contribution in [-0.2, 0) is 0 Å². The number of nitrogens with zero attached hydrogens (tertiary/aromatic N) is 1. The molecule has 120 valence electrons.